The van der Waals surface area contributed by atoms with Gasteiger partial charge in [0, 0.05) is 18.5 Å². The van der Waals surface area contributed by atoms with E-state index in [9.17, 15) is 4.79 Å². The van der Waals surface area contributed by atoms with Gasteiger partial charge in [-0.2, -0.15) is 0 Å². The van der Waals surface area contributed by atoms with E-state index in [1.807, 2.05) is 64.2 Å². The van der Waals surface area contributed by atoms with Crippen molar-refractivity contribution >= 4 is 16.9 Å². The topological polar surface area (TPSA) is 60.9 Å². The minimum absolute atomic E-state index is 0.325. The standard InChI is InChI=1S/C25H30N2O4/c1-7-31-25(28)24-17(3)19-10-8-9-11-20(19)26-21(24)15-27(4)14-18-13-23(30-6)22(29-5)12-16(18)2/h8-13H,7,14-15H2,1-6H3. The van der Waals surface area contributed by atoms with Crippen molar-refractivity contribution in [2.24, 2.45) is 0 Å². The van der Waals surface area contributed by atoms with Crippen LogP contribution < -0.4 is 9.47 Å². The van der Waals surface area contributed by atoms with Crippen LogP contribution in [0.4, 0.5) is 0 Å². The molecule has 0 radical (unpaired) electrons. The molecule has 0 atom stereocenters. The van der Waals surface area contributed by atoms with E-state index < -0.39 is 0 Å². The second-order valence-electron chi connectivity index (χ2n) is 7.60. The van der Waals surface area contributed by atoms with Crippen molar-refractivity contribution < 1.29 is 19.0 Å². The van der Waals surface area contributed by atoms with Gasteiger partial charge in [-0.3, -0.25) is 9.88 Å². The number of benzene rings is 2. The lowest BCUT2D eigenvalue weighted by molar-refractivity contribution is 0.0522. The second-order valence-corrected chi connectivity index (χ2v) is 7.60. The molecule has 0 aliphatic carbocycles. The minimum atomic E-state index is -0.330. The number of carbonyl (C=O) groups is 1. The average Bonchev–Trinajstić information content (AvgIpc) is 2.75. The molecule has 3 rings (SSSR count). The van der Waals surface area contributed by atoms with E-state index in [1.54, 1.807) is 14.2 Å². The Bertz CT molecular complexity index is 1090. The van der Waals surface area contributed by atoms with E-state index in [4.69, 9.17) is 19.2 Å². The summed E-state index contributed by atoms with van der Waals surface area (Å²) in [4.78, 5) is 19.7. The van der Waals surface area contributed by atoms with Crippen LogP contribution in [0.15, 0.2) is 36.4 Å². The monoisotopic (exact) mass is 422 g/mol. The number of pyridine rings is 1. The third-order valence-corrected chi connectivity index (χ3v) is 5.41. The molecule has 0 saturated carbocycles. The number of esters is 1. The first-order chi connectivity index (χ1) is 14.9. The maximum Gasteiger partial charge on any atom is 0.340 e. The van der Waals surface area contributed by atoms with Gasteiger partial charge < -0.3 is 14.2 Å². The first kappa shape index (κ1) is 22.6. The molecule has 3 aromatic rings. The summed E-state index contributed by atoms with van der Waals surface area (Å²) >= 11 is 0. The zero-order valence-electron chi connectivity index (χ0n) is 19.1. The molecule has 6 heteroatoms. The molecule has 164 valence electrons. The first-order valence-electron chi connectivity index (χ1n) is 10.3. The maximum absolute atomic E-state index is 12.8. The Morgan fingerprint density at radius 2 is 1.71 bits per heavy atom. The van der Waals surface area contributed by atoms with Crippen LogP contribution in [0.2, 0.25) is 0 Å². The molecule has 1 aromatic heterocycles. The normalized spacial score (nSPS) is 11.1. The number of ether oxygens (including phenoxy) is 3. The first-order valence-corrected chi connectivity index (χ1v) is 10.3. The molecule has 1 heterocycles. The van der Waals surface area contributed by atoms with Crippen LogP contribution in [0.3, 0.4) is 0 Å². The number of rotatable bonds is 8. The van der Waals surface area contributed by atoms with Gasteiger partial charge in [-0.05, 0) is 62.7 Å². The highest BCUT2D eigenvalue weighted by Crippen LogP contribution is 2.31. The van der Waals surface area contributed by atoms with Gasteiger partial charge in [0.15, 0.2) is 11.5 Å². The van der Waals surface area contributed by atoms with Gasteiger partial charge in [0.2, 0.25) is 0 Å². The van der Waals surface area contributed by atoms with Crippen molar-refractivity contribution in [1.82, 2.24) is 9.88 Å². The summed E-state index contributed by atoms with van der Waals surface area (Å²) < 4.78 is 16.2. The van der Waals surface area contributed by atoms with Crippen LogP contribution in [-0.4, -0.2) is 43.7 Å². The molecule has 0 N–H and O–H groups in total. The maximum atomic E-state index is 12.8. The molecular weight excluding hydrogens is 392 g/mol. The molecule has 0 saturated heterocycles. The number of hydrogen-bond donors (Lipinski definition) is 0. The molecule has 2 aromatic carbocycles. The van der Waals surface area contributed by atoms with E-state index in [0.29, 0.717) is 36.8 Å². The smallest absolute Gasteiger partial charge is 0.340 e. The highest BCUT2D eigenvalue weighted by molar-refractivity contribution is 5.98. The number of carbonyl (C=O) groups excluding carboxylic acids is 1. The van der Waals surface area contributed by atoms with E-state index >= 15 is 0 Å². The van der Waals surface area contributed by atoms with Gasteiger partial charge in [0.25, 0.3) is 0 Å². The van der Waals surface area contributed by atoms with Crippen molar-refractivity contribution in [3.05, 3.63) is 64.3 Å². The lowest BCUT2D eigenvalue weighted by atomic mass is 10.0. The van der Waals surface area contributed by atoms with Gasteiger partial charge in [-0.25, -0.2) is 4.79 Å². The highest BCUT2D eigenvalue weighted by atomic mass is 16.5. The molecule has 6 nitrogen and oxygen atoms in total. The predicted octanol–water partition coefficient (Wildman–Crippen LogP) is 4.68. The Balaban J connectivity index is 1.95. The summed E-state index contributed by atoms with van der Waals surface area (Å²) in [6, 6.07) is 11.8. The van der Waals surface area contributed by atoms with Gasteiger partial charge >= 0.3 is 5.97 Å². The van der Waals surface area contributed by atoms with E-state index in [-0.39, 0.29) is 5.97 Å². The largest absolute Gasteiger partial charge is 0.493 e. The Morgan fingerprint density at radius 3 is 2.39 bits per heavy atom. The predicted molar refractivity (Wildman–Crippen MR) is 122 cm³/mol. The second kappa shape index (κ2) is 9.79. The summed E-state index contributed by atoms with van der Waals surface area (Å²) in [5.41, 5.74) is 5.27. The fourth-order valence-electron chi connectivity index (χ4n) is 3.82. The van der Waals surface area contributed by atoms with Crippen LogP contribution in [0, 0.1) is 13.8 Å². The molecule has 0 fully saturated rings. The third kappa shape index (κ3) is 4.80. The number of hydrogen-bond acceptors (Lipinski definition) is 6. The van der Waals surface area contributed by atoms with Crippen molar-refractivity contribution in [3.63, 3.8) is 0 Å². The van der Waals surface area contributed by atoms with E-state index in [2.05, 4.69) is 4.90 Å². The lowest BCUT2D eigenvalue weighted by Gasteiger charge is -2.21. The molecular formula is C25H30N2O4. The number of methoxy groups -OCH3 is 2. The Kier molecular flexibility index (Phi) is 7.13. The van der Waals surface area contributed by atoms with Gasteiger partial charge in [0.05, 0.1) is 37.6 Å². The van der Waals surface area contributed by atoms with E-state index in [0.717, 1.165) is 33.3 Å². The zero-order valence-corrected chi connectivity index (χ0v) is 19.1. The molecule has 0 bridgehead atoms. The summed E-state index contributed by atoms with van der Waals surface area (Å²) in [6.45, 7) is 7.32. The average molecular weight is 423 g/mol. The number of fused-ring (bicyclic) bond motifs is 1. The zero-order chi connectivity index (χ0) is 22.5. The summed E-state index contributed by atoms with van der Waals surface area (Å²) in [7, 11) is 5.28. The van der Waals surface area contributed by atoms with E-state index in [1.165, 1.54) is 0 Å². The number of nitrogens with zero attached hydrogens (tertiary/aromatic N) is 2. The van der Waals surface area contributed by atoms with Crippen molar-refractivity contribution in [2.75, 3.05) is 27.9 Å². The fraction of sp³-hybridized carbons (Fsp3) is 0.360. The summed E-state index contributed by atoms with van der Waals surface area (Å²) in [5, 5.41) is 0.965. The van der Waals surface area contributed by atoms with Crippen LogP contribution in [0.25, 0.3) is 10.9 Å². The molecule has 31 heavy (non-hydrogen) atoms. The molecule has 0 aliphatic rings. The van der Waals surface area contributed by atoms with Crippen LogP contribution in [0.5, 0.6) is 11.5 Å². The molecule has 0 aliphatic heterocycles. The lowest BCUT2D eigenvalue weighted by Crippen LogP contribution is -2.22. The number of para-hydroxylation sites is 1. The van der Waals surface area contributed by atoms with Crippen molar-refractivity contribution in [1.29, 1.82) is 0 Å². The molecule has 0 amide bonds. The van der Waals surface area contributed by atoms with Crippen molar-refractivity contribution in [3.8, 4) is 11.5 Å². The van der Waals surface area contributed by atoms with Gasteiger partial charge in [-0.1, -0.05) is 18.2 Å². The fourth-order valence-corrected chi connectivity index (χ4v) is 3.82. The summed E-state index contributed by atoms with van der Waals surface area (Å²) in [5.74, 6) is 1.08. The van der Waals surface area contributed by atoms with Gasteiger partial charge in [-0.15, -0.1) is 0 Å². The van der Waals surface area contributed by atoms with Crippen LogP contribution in [-0.2, 0) is 17.8 Å². The highest BCUT2D eigenvalue weighted by Gasteiger charge is 2.21. The summed E-state index contributed by atoms with van der Waals surface area (Å²) in [6.07, 6.45) is 0. The van der Waals surface area contributed by atoms with Crippen LogP contribution >= 0.6 is 0 Å². The SMILES string of the molecule is CCOC(=O)c1c(CN(C)Cc2cc(OC)c(OC)cc2C)nc2ccccc2c1C. The van der Waals surface area contributed by atoms with Crippen LogP contribution in [0.1, 0.15) is 39.7 Å². The Hall–Kier alpha value is -3.12. The Morgan fingerprint density at radius 1 is 1.03 bits per heavy atom. The number of aryl methyl sites for hydroxylation is 2. The van der Waals surface area contributed by atoms with Crippen molar-refractivity contribution in [2.45, 2.75) is 33.9 Å². The quantitative estimate of drug-likeness (QED) is 0.492. The molecule has 0 unspecified atom stereocenters. The third-order valence-electron chi connectivity index (χ3n) is 5.41. The van der Waals surface area contributed by atoms with Gasteiger partial charge in [0.1, 0.15) is 0 Å². The molecule has 0 spiro atoms. The minimum Gasteiger partial charge on any atom is -0.493 e. The number of aromatic nitrogens is 1. The Labute approximate surface area is 183 Å².